The number of piperazine rings is 1. The normalized spacial score (nSPS) is 18.6. The van der Waals surface area contributed by atoms with Crippen molar-refractivity contribution in [3.63, 3.8) is 0 Å². The molecule has 326 valence electrons. The van der Waals surface area contributed by atoms with E-state index in [1.807, 2.05) is 18.2 Å². The van der Waals surface area contributed by atoms with Gasteiger partial charge in [0.1, 0.15) is 23.7 Å². The molecule has 14 nitrogen and oxygen atoms in total. The van der Waals surface area contributed by atoms with Crippen molar-refractivity contribution >= 4 is 50.2 Å². The number of hydrogen-bond acceptors (Lipinski definition) is 12. The molecule has 0 saturated carbocycles. The van der Waals surface area contributed by atoms with Crippen LogP contribution in [-0.4, -0.2) is 82.4 Å². The third-order valence-corrected chi connectivity index (χ3v) is 13.6. The van der Waals surface area contributed by atoms with Gasteiger partial charge in [-0.15, -0.1) is 0 Å². The molecule has 1 N–H and O–H groups in total. The third kappa shape index (κ3) is 9.78. The molecule has 3 aliphatic heterocycles. The van der Waals surface area contributed by atoms with Gasteiger partial charge in [-0.2, -0.15) is 10.2 Å². The second-order valence-electron chi connectivity index (χ2n) is 17.0. The average Bonchev–Trinajstić information content (AvgIpc) is 3.74. The lowest BCUT2D eigenvalue weighted by molar-refractivity contribution is -0.386. The number of nitro benzene ring substituents is 1. The number of benzene rings is 4. The molecule has 62 heavy (non-hydrogen) atoms. The van der Waals surface area contributed by atoms with Gasteiger partial charge in [0.05, 0.1) is 21.9 Å². The van der Waals surface area contributed by atoms with Gasteiger partial charge in [0.25, 0.3) is 15.9 Å². The largest absolute Gasteiger partial charge is 0.483 e. The number of halogens is 2. The average molecular weight is 887 g/mol. The lowest BCUT2D eigenvalue weighted by Crippen LogP contribution is -2.47. The van der Waals surface area contributed by atoms with E-state index in [0.29, 0.717) is 31.1 Å². The Morgan fingerprint density at radius 3 is 2.47 bits per heavy atom. The molecule has 0 bridgehead atoms. The second kappa shape index (κ2) is 17.8. The van der Waals surface area contributed by atoms with Crippen LogP contribution in [0, 0.1) is 15.5 Å². The highest BCUT2D eigenvalue weighted by Gasteiger charge is 2.35. The molecule has 4 aromatic carbocycles. The fraction of sp³-hybridized carbons (Fsp3) is 0.400. The van der Waals surface area contributed by atoms with Gasteiger partial charge in [-0.05, 0) is 78.3 Å². The number of allylic oxidation sites excluding steroid dienone is 1. The number of alkyl halides is 1. The van der Waals surface area contributed by atoms with Crippen molar-refractivity contribution < 1.29 is 36.7 Å². The highest BCUT2D eigenvalue weighted by molar-refractivity contribution is 7.90. The van der Waals surface area contributed by atoms with E-state index in [1.54, 1.807) is 24.3 Å². The van der Waals surface area contributed by atoms with E-state index in [2.05, 4.69) is 50.7 Å². The Bertz CT molecular complexity index is 2540. The van der Waals surface area contributed by atoms with Crippen LogP contribution in [0.2, 0.25) is 5.02 Å². The van der Waals surface area contributed by atoms with Crippen LogP contribution in [-0.2, 0) is 21.3 Å². The fourth-order valence-corrected chi connectivity index (χ4v) is 9.44. The first-order valence-corrected chi connectivity index (χ1v) is 22.5. The molecule has 8 rings (SSSR count). The Kier molecular flexibility index (Phi) is 12.4. The van der Waals surface area contributed by atoms with Crippen molar-refractivity contribution in [1.82, 2.24) is 9.62 Å². The SMILES string of the molecule is CC1(C)CCC(CN2CCN(c3ccc(C(=O)NS(=O)(=O)c4ccc(OCC5(F)CCOCC5)c([N+](=O)[O-])c4)c(Oc4cccc5c4N=NC5)c3)CC2)=C(c2ccc(Cl)cc2)C1. The summed E-state index contributed by atoms with van der Waals surface area (Å²) in [5.74, 6) is -0.905. The third-order valence-electron chi connectivity index (χ3n) is 12.0. The first-order valence-electron chi connectivity index (χ1n) is 20.7. The minimum Gasteiger partial charge on any atom is -0.483 e. The van der Waals surface area contributed by atoms with Gasteiger partial charge in [0.2, 0.25) is 0 Å². The van der Waals surface area contributed by atoms with Crippen molar-refractivity contribution in [3.05, 3.63) is 116 Å². The summed E-state index contributed by atoms with van der Waals surface area (Å²) in [6.45, 7) is 8.78. The summed E-state index contributed by atoms with van der Waals surface area (Å²) in [6, 6.07) is 21.4. The first-order chi connectivity index (χ1) is 29.7. The van der Waals surface area contributed by atoms with Crippen molar-refractivity contribution in [2.24, 2.45) is 15.6 Å². The van der Waals surface area contributed by atoms with Gasteiger partial charge in [-0.1, -0.05) is 55.3 Å². The van der Waals surface area contributed by atoms with Crippen LogP contribution >= 0.6 is 11.6 Å². The summed E-state index contributed by atoms with van der Waals surface area (Å²) >= 11 is 6.23. The molecular weight excluding hydrogens is 839 g/mol. The molecule has 0 atom stereocenters. The van der Waals surface area contributed by atoms with E-state index in [1.165, 1.54) is 22.8 Å². The number of ether oxygens (including phenoxy) is 3. The summed E-state index contributed by atoms with van der Waals surface area (Å²) in [4.78, 5) is 29.2. The Morgan fingerprint density at radius 2 is 1.73 bits per heavy atom. The summed E-state index contributed by atoms with van der Waals surface area (Å²) < 4.78 is 61.6. The molecule has 4 aromatic rings. The summed E-state index contributed by atoms with van der Waals surface area (Å²) in [5, 5.41) is 21.1. The molecule has 0 aromatic heterocycles. The molecule has 3 heterocycles. The number of carbonyl (C=O) groups excluding carboxylic acids is 1. The monoisotopic (exact) mass is 886 g/mol. The molecule has 17 heteroatoms. The molecule has 1 aliphatic carbocycles. The van der Waals surface area contributed by atoms with E-state index in [0.717, 1.165) is 73.4 Å². The highest BCUT2D eigenvalue weighted by Crippen LogP contribution is 2.44. The van der Waals surface area contributed by atoms with Crippen LogP contribution in [0.4, 0.5) is 21.5 Å². The number of nitrogens with zero attached hydrogens (tertiary/aromatic N) is 5. The number of nitro groups is 1. The standard InChI is InChI=1S/C45H48ClFN6O8S/c1-44(2)15-14-32(37(26-44)30-6-8-33(46)9-7-30)28-51-18-20-52(21-19-51)34-10-12-36(41(24-34)61-40-5-3-4-31-27-48-49-42(31)40)43(54)50-62(57,58)35-11-13-39(38(25-35)53(55)56)60-29-45(47)16-22-59-23-17-45/h3-13,24-25H,14-23,26-29H2,1-2H3,(H,50,54). The smallest absolute Gasteiger partial charge is 0.312 e. The lowest BCUT2D eigenvalue weighted by Gasteiger charge is -2.39. The van der Waals surface area contributed by atoms with E-state index >= 15 is 4.39 Å². The van der Waals surface area contributed by atoms with E-state index < -0.39 is 43.7 Å². The molecule has 1 amide bonds. The zero-order valence-electron chi connectivity index (χ0n) is 34.6. The molecule has 2 saturated heterocycles. The van der Waals surface area contributed by atoms with Gasteiger partial charge in [-0.3, -0.25) is 19.8 Å². The van der Waals surface area contributed by atoms with Crippen LogP contribution in [0.1, 0.15) is 67.4 Å². The van der Waals surface area contributed by atoms with Gasteiger partial charge in [0, 0.05) is 87.2 Å². The van der Waals surface area contributed by atoms with Crippen LogP contribution in [0.15, 0.2) is 99.6 Å². The quantitative estimate of drug-likeness (QED) is 0.101. The first kappa shape index (κ1) is 43.2. The van der Waals surface area contributed by atoms with E-state index in [-0.39, 0.29) is 48.5 Å². The molecular formula is C45H48ClFN6O8S. The van der Waals surface area contributed by atoms with Crippen molar-refractivity contribution in [2.45, 2.75) is 63.1 Å². The predicted octanol–water partition coefficient (Wildman–Crippen LogP) is 9.44. The fourth-order valence-electron chi connectivity index (χ4n) is 8.32. The van der Waals surface area contributed by atoms with E-state index in [9.17, 15) is 23.3 Å². The summed E-state index contributed by atoms with van der Waals surface area (Å²) in [5.41, 5.74) is 3.86. The number of amides is 1. The molecule has 0 radical (unpaired) electrons. The highest BCUT2D eigenvalue weighted by atomic mass is 35.5. The Labute approximate surface area is 364 Å². The number of azo groups is 1. The van der Waals surface area contributed by atoms with Crippen LogP contribution < -0.4 is 19.1 Å². The summed E-state index contributed by atoms with van der Waals surface area (Å²) in [7, 11) is -4.67. The van der Waals surface area contributed by atoms with Crippen LogP contribution in [0.25, 0.3) is 5.57 Å². The minimum atomic E-state index is -4.67. The van der Waals surface area contributed by atoms with Gasteiger partial charge >= 0.3 is 5.69 Å². The Balaban J connectivity index is 1.01. The zero-order chi connectivity index (χ0) is 43.6. The van der Waals surface area contributed by atoms with Crippen LogP contribution in [0.5, 0.6) is 17.2 Å². The van der Waals surface area contributed by atoms with E-state index in [4.69, 9.17) is 25.8 Å². The molecule has 0 unspecified atom stereocenters. The van der Waals surface area contributed by atoms with Gasteiger partial charge < -0.3 is 19.1 Å². The number of hydrogen-bond donors (Lipinski definition) is 1. The summed E-state index contributed by atoms with van der Waals surface area (Å²) in [6.07, 6.45) is 3.27. The number of nitrogens with one attached hydrogen (secondary N) is 1. The number of carbonyl (C=O) groups is 1. The van der Waals surface area contributed by atoms with Crippen molar-refractivity contribution in [2.75, 3.05) is 57.4 Å². The number of sulfonamides is 1. The maximum Gasteiger partial charge on any atom is 0.312 e. The topological polar surface area (TPSA) is 165 Å². The lowest BCUT2D eigenvalue weighted by atomic mass is 9.72. The predicted molar refractivity (Wildman–Crippen MR) is 233 cm³/mol. The number of rotatable bonds is 13. The molecule has 0 spiro atoms. The number of anilines is 1. The minimum absolute atomic E-state index is 0.0595. The number of fused-ring (bicyclic) bond motifs is 1. The molecule has 2 fully saturated rings. The second-order valence-corrected chi connectivity index (χ2v) is 19.1. The van der Waals surface area contributed by atoms with Gasteiger partial charge in [0.15, 0.2) is 11.5 Å². The maximum absolute atomic E-state index is 15.2. The Hall–Kier alpha value is -5.42. The maximum atomic E-state index is 15.2. The van der Waals surface area contributed by atoms with Crippen molar-refractivity contribution in [3.8, 4) is 17.2 Å². The zero-order valence-corrected chi connectivity index (χ0v) is 36.1. The Morgan fingerprint density at radius 1 is 0.968 bits per heavy atom. The van der Waals surface area contributed by atoms with Gasteiger partial charge in [-0.25, -0.2) is 17.5 Å². The molecule has 4 aliphatic rings. The van der Waals surface area contributed by atoms with Crippen molar-refractivity contribution in [1.29, 1.82) is 0 Å². The van der Waals surface area contributed by atoms with Crippen LogP contribution in [0.3, 0.4) is 0 Å².